The van der Waals surface area contributed by atoms with E-state index < -0.39 is 33.1 Å². The second-order valence-electron chi connectivity index (χ2n) is 4.06. The molecule has 0 unspecified atom stereocenters. The van der Waals surface area contributed by atoms with Crippen LogP contribution in [0, 0.1) is 0 Å². The molecule has 0 radical (unpaired) electrons. The lowest BCUT2D eigenvalue weighted by Gasteiger charge is -2.08. The van der Waals surface area contributed by atoms with E-state index in [0.717, 1.165) is 18.2 Å². The lowest BCUT2D eigenvalue weighted by atomic mass is 10.1. The number of aromatic carboxylic acids is 2. The Balaban J connectivity index is 3.05. The zero-order valence-corrected chi connectivity index (χ0v) is 12.0. The van der Waals surface area contributed by atoms with Gasteiger partial charge in [-0.15, -0.1) is 0 Å². The SMILES string of the molecule is COCCCNS(=O)(=O)c1ccc(C(=O)O)c(C(=O)O)c1. The molecule has 0 aromatic heterocycles. The average molecular weight is 317 g/mol. The minimum Gasteiger partial charge on any atom is -0.478 e. The Morgan fingerprint density at radius 2 is 1.81 bits per heavy atom. The Kier molecular flexibility index (Phi) is 5.82. The molecule has 116 valence electrons. The summed E-state index contributed by atoms with van der Waals surface area (Å²) in [5.74, 6) is -2.95. The van der Waals surface area contributed by atoms with Gasteiger partial charge in [-0.1, -0.05) is 0 Å². The van der Waals surface area contributed by atoms with Crippen LogP contribution in [0.15, 0.2) is 23.1 Å². The van der Waals surface area contributed by atoms with Crippen molar-refractivity contribution < 1.29 is 33.0 Å². The highest BCUT2D eigenvalue weighted by molar-refractivity contribution is 7.89. The maximum absolute atomic E-state index is 12.0. The number of methoxy groups -OCH3 is 1. The first-order valence-electron chi connectivity index (χ1n) is 5.89. The van der Waals surface area contributed by atoms with Gasteiger partial charge in [0.25, 0.3) is 0 Å². The molecular weight excluding hydrogens is 302 g/mol. The summed E-state index contributed by atoms with van der Waals surface area (Å²) in [6.45, 7) is 0.500. The van der Waals surface area contributed by atoms with Crippen LogP contribution in [-0.4, -0.2) is 50.8 Å². The molecule has 0 aliphatic carbocycles. The molecule has 0 bridgehead atoms. The van der Waals surface area contributed by atoms with E-state index in [1.54, 1.807) is 0 Å². The normalized spacial score (nSPS) is 11.3. The summed E-state index contributed by atoms with van der Waals surface area (Å²) < 4.78 is 31.0. The van der Waals surface area contributed by atoms with Crippen molar-refractivity contribution in [1.29, 1.82) is 0 Å². The second kappa shape index (κ2) is 7.16. The number of rotatable bonds is 8. The van der Waals surface area contributed by atoms with Crippen molar-refractivity contribution in [2.45, 2.75) is 11.3 Å². The van der Waals surface area contributed by atoms with Gasteiger partial charge in [0.15, 0.2) is 0 Å². The number of carbonyl (C=O) groups is 2. The van der Waals surface area contributed by atoms with Gasteiger partial charge >= 0.3 is 11.9 Å². The lowest BCUT2D eigenvalue weighted by Crippen LogP contribution is -2.26. The summed E-state index contributed by atoms with van der Waals surface area (Å²) in [4.78, 5) is 21.6. The molecule has 1 aromatic rings. The number of carboxylic acid groups (broad SMARTS) is 2. The molecule has 0 saturated carbocycles. The highest BCUT2D eigenvalue weighted by atomic mass is 32.2. The second-order valence-corrected chi connectivity index (χ2v) is 5.83. The molecule has 0 fully saturated rings. The molecule has 0 amide bonds. The monoisotopic (exact) mass is 317 g/mol. The number of nitrogens with one attached hydrogen (secondary N) is 1. The first-order valence-corrected chi connectivity index (χ1v) is 7.37. The molecule has 9 heteroatoms. The highest BCUT2D eigenvalue weighted by Gasteiger charge is 2.21. The maximum Gasteiger partial charge on any atom is 0.336 e. The smallest absolute Gasteiger partial charge is 0.336 e. The number of ether oxygens (including phenoxy) is 1. The van der Waals surface area contributed by atoms with E-state index in [9.17, 15) is 18.0 Å². The Morgan fingerprint density at radius 3 is 2.33 bits per heavy atom. The Bertz CT molecular complexity index is 639. The van der Waals surface area contributed by atoms with Crippen LogP contribution in [0.2, 0.25) is 0 Å². The molecule has 0 aliphatic rings. The van der Waals surface area contributed by atoms with E-state index >= 15 is 0 Å². The van der Waals surface area contributed by atoms with Crippen LogP contribution in [0.5, 0.6) is 0 Å². The molecule has 3 N–H and O–H groups in total. The minimum atomic E-state index is -3.90. The van der Waals surface area contributed by atoms with Gasteiger partial charge in [-0.2, -0.15) is 0 Å². The zero-order valence-electron chi connectivity index (χ0n) is 11.2. The fourth-order valence-electron chi connectivity index (χ4n) is 1.56. The third kappa shape index (κ3) is 4.52. The Hall–Kier alpha value is -1.97. The van der Waals surface area contributed by atoms with Crippen molar-refractivity contribution in [3.63, 3.8) is 0 Å². The van der Waals surface area contributed by atoms with E-state index in [-0.39, 0.29) is 11.4 Å². The zero-order chi connectivity index (χ0) is 16.0. The summed E-state index contributed by atoms with van der Waals surface area (Å²) in [5, 5.41) is 17.8. The lowest BCUT2D eigenvalue weighted by molar-refractivity contribution is 0.0651. The topological polar surface area (TPSA) is 130 Å². The number of hydrogen-bond acceptors (Lipinski definition) is 5. The summed E-state index contributed by atoms with van der Waals surface area (Å²) in [6.07, 6.45) is 0.453. The van der Waals surface area contributed by atoms with E-state index in [4.69, 9.17) is 14.9 Å². The molecule has 8 nitrogen and oxygen atoms in total. The summed E-state index contributed by atoms with van der Waals surface area (Å²) in [7, 11) is -2.42. The Morgan fingerprint density at radius 1 is 1.19 bits per heavy atom. The predicted molar refractivity (Wildman–Crippen MR) is 72.0 cm³/mol. The maximum atomic E-state index is 12.0. The minimum absolute atomic E-state index is 0.124. The summed E-state index contributed by atoms with van der Waals surface area (Å²) in [6, 6.07) is 2.83. The van der Waals surface area contributed by atoms with Crippen LogP contribution in [0.4, 0.5) is 0 Å². The van der Waals surface area contributed by atoms with Gasteiger partial charge in [-0.25, -0.2) is 22.7 Å². The van der Waals surface area contributed by atoms with Gasteiger partial charge in [-0.05, 0) is 24.6 Å². The molecule has 0 spiro atoms. The molecule has 21 heavy (non-hydrogen) atoms. The average Bonchev–Trinajstić information content (AvgIpc) is 2.42. The van der Waals surface area contributed by atoms with Crippen molar-refractivity contribution in [3.8, 4) is 0 Å². The van der Waals surface area contributed by atoms with Crippen molar-refractivity contribution in [1.82, 2.24) is 4.72 Å². The van der Waals surface area contributed by atoms with Crippen LogP contribution >= 0.6 is 0 Å². The van der Waals surface area contributed by atoms with Crippen molar-refractivity contribution in [2.24, 2.45) is 0 Å². The van der Waals surface area contributed by atoms with Gasteiger partial charge in [0, 0.05) is 20.3 Å². The third-order valence-electron chi connectivity index (χ3n) is 2.58. The number of hydrogen-bond donors (Lipinski definition) is 3. The van der Waals surface area contributed by atoms with Crippen LogP contribution in [0.3, 0.4) is 0 Å². The standard InChI is InChI=1S/C12H15NO7S/c1-20-6-2-5-13-21(18,19)8-3-4-9(11(14)15)10(7-8)12(16)17/h3-4,7,13H,2,5-6H2,1H3,(H,14,15)(H,16,17). The fraction of sp³-hybridized carbons (Fsp3) is 0.333. The number of benzene rings is 1. The van der Waals surface area contributed by atoms with Gasteiger partial charge in [0.1, 0.15) is 0 Å². The van der Waals surface area contributed by atoms with Crippen molar-refractivity contribution >= 4 is 22.0 Å². The van der Waals surface area contributed by atoms with Gasteiger partial charge in [-0.3, -0.25) is 0 Å². The highest BCUT2D eigenvalue weighted by Crippen LogP contribution is 2.16. The van der Waals surface area contributed by atoms with Crippen LogP contribution in [-0.2, 0) is 14.8 Å². The largest absolute Gasteiger partial charge is 0.478 e. The van der Waals surface area contributed by atoms with E-state index in [1.807, 2.05) is 0 Å². The van der Waals surface area contributed by atoms with Crippen LogP contribution < -0.4 is 4.72 Å². The molecular formula is C12H15NO7S. The van der Waals surface area contributed by atoms with E-state index in [1.165, 1.54) is 7.11 Å². The molecule has 1 aromatic carbocycles. The summed E-state index contributed by atoms with van der Waals surface area (Å²) in [5.41, 5.74) is -1.05. The third-order valence-corrected chi connectivity index (χ3v) is 4.04. The van der Waals surface area contributed by atoms with E-state index in [0.29, 0.717) is 13.0 Å². The summed E-state index contributed by atoms with van der Waals surface area (Å²) >= 11 is 0. The number of sulfonamides is 1. The van der Waals surface area contributed by atoms with Crippen LogP contribution in [0.25, 0.3) is 0 Å². The van der Waals surface area contributed by atoms with Crippen molar-refractivity contribution in [2.75, 3.05) is 20.3 Å². The molecule has 0 saturated heterocycles. The van der Waals surface area contributed by atoms with Crippen LogP contribution in [0.1, 0.15) is 27.1 Å². The Labute approximate surface area is 121 Å². The predicted octanol–water partition coefficient (Wildman–Crippen LogP) is 0.398. The van der Waals surface area contributed by atoms with Gasteiger partial charge < -0.3 is 14.9 Å². The molecule has 0 atom stereocenters. The first kappa shape index (κ1) is 17.1. The molecule has 0 aliphatic heterocycles. The quantitative estimate of drug-likeness (QED) is 0.591. The first-order chi connectivity index (χ1) is 9.79. The van der Waals surface area contributed by atoms with E-state index in [2.05, 4.69) is 4.72 Å². The number of carboxylic acids is 2. The van der Waals surface area contributed by atoms with Crippen molar-refractivity contribution in [3.05, 3.63) is 29.3 Å². The van der Waals surface area contributed by atoms with Gasteiger partial charge in [0.2, 0.25) is 10.0 Å². The molecule has 1 rings (SSSR count). The molecule has 0 heterocycles. The fourth-order valence-corrected chi connectivity index (χ4v) is 2.66. The van der Waals surface area contributed by atoms with Gasteiger partial charge in [0.05, 0.1) is 16.0 Å².